The number of carboxylic acids is 1. The zero-order valence-electron chi connectivity index (χ0n) is 9.46. The van der Waals surface area contributed by atoms with Crippen molar-refractivity contribution >= 4 is 16.0 Å². The molecule has 6 heteroatoms. The molecule has 1 unspecified atom stereocenters. The average Bonchev–Trinajstić information content (AvgIpc) is 2.24. The van der Waals surface area contributed by atoms with Gasteiger partial charge in [-0.3, -0.25) is 4.79 Å². The van der Waals surface area contributed by atoms with E-state index in [1.165, 1.54) is 0 Å². The van der Waals surface area contributed by atoms with Crippen molar-refractivity contribution in [3.05, 3.63) is 35.9 Å². The first-order valence-electron chi connectivity index (χ1n) is 5.12. The van der Waals surface area contributed by atoms with E-state index in [0.29, 0.717) is 6.42 Å². The minimum Gasteiger partial charge on any atom is -0.480 e. The SMILES string of the molecule is CS(=O)(=O)NC(CCc1ccccc1)C(=O)O. The first kappa shape index (κ1) is 13.7. The predicted molar refractivity (Wildman–Crippen MR) is 64.2 cm³/mol. The minimum absolute atomic E-state index is 0.229. The van der Waals surface area contributed by atoms with Crippen molar-refractivity contribution < 1.29 is 18.3 Å². The summed E-state index contributed by atoms with van der Waals surface area (Å²) in [5.41, 5.74) is 0.981. The average molecular weight is 257 g/mol. The molecule has 0 radical (unpaired) electrons. The second kappa shape index (κ2) is 5.79. The van der Waals surface area contributed by atoms with Gasteiger partial charge in [-0.15, -0.1) is 0 Å². The van der Waals surface area contributed by atoms with Gasteiger partial charge < -0.3 is 5.11 Å². The lowest BCUT2D eigenvalue weighted by atomic mass is 10.1. The molecule has 94 valence electrons. The Kier molecular flexibility index (Phi) is 4.65. The van der Waals surface area contributed by atoms with Crippen molar-refractivity contribution in [1.29, 1.82) is 0 Å². The molecule has 0 amide bonds. The van der Waals surface area contributed by atoms with E-state index in [2.05, 4.69) is 4.72 Å². The fourth-order valence-corrected chi connectivity index (χ4v) is 2.18. The Labute approximate surface area is 101 Å². The lowest BCUT2D eigenvalue weighted by Crippen LogP contribution is -2.40. The Morgan fingerprint density at radius 3 is 2.41 bits per heavy atom. The fourth-order valence-electron chi connectivity index (χ4n) is 1.45. The summed E-state index contributed by atoms with van der Waals surface area (Å²) in [7, 11) is -3.50. The van der Waals surface area contributed by atoms with Gasteiger partial charge in [-0.1, -0.05) is 30.3 Å². The molecule has 17 heavy (non-hydrogen) atoms. The maximum Gasteiger partial charge on any atom is 0.321 e. The monoisotopic (exact) mass is 257 g/mol. The summed E-state index contributed by atoms with van der Waals surface area (Å²) < 4.78 is 24.1. The normalized spacial score (nSPS) is 13.2. The molecule has 0 aliphatic rings. The number of carbonyl (C=O) groups is 1. The molecule has 5 nitrogen and oxygen atoms in total. The van der Waals surface area contributed by atoms with Crippen LogP contribution in [0, 0.1) is 0 Å². The quantitative estimate of drug-likeness (QED) is 0.782. The molecule has 0 bridgehead atoms. The van der Waals surface area contributed by atoms with Gasteiger partial charge in [-0.2, -0.15) is 0 Å². The van der Waals surface area contributed by atoms with Crippen molar-refractivity contribution in [2.45, 2.75) is 18.9 Å². The summed E-state index contributed by atoms with van der Waals surface area (Å²) in [6, 6.07) is 8.25. The molecule has 1 aromatic carbocycles. The first-order valence-corrected chi connectivity index (χ1v) is 7.01. The summed E-state index contributed by atoms with van der Waals surface area (Å²) >= 11 is 0. The third kappa shape index (κ3) is 5.46. The number of carboxylic acid groups (broad SMARTS) is 1. The van der Waals surface area contributed by atoms with E-state index < -0.39 is 22.0 Å². The molecule has 0 aliphatic heterocycles. The lowest BCUT2D eigenvalue weighted by molar-refractivity contribution is -0.139. The smallest absolute Gasteiger partial charge is 0.321 e. The van der Waals surface area contributed by atoms with Crippen LogP contribution in [0.25, 0.3) is 0 Å². The predicted octanol–water partition coefficient (Wildman–Crippen LogP) is 0.622. The van der Waals surface area contributed by atoms with E-state index in [-0.39, 0.29) is 6.42 Å². The molecule has 0 spiro atoms. The summed E-state index contributed by atoms with van der Waals surface area (Å²) in [6.45, 7) is 0. The maximum atomic E-state index is 11.0. The highest BCUT2D eigenvalue weighted by molar-refractivity contribution is 7.88. The van der Waals surface area contributed by atoms with Gasteiger partial charge in [0.1, 0.15) is 6.04 Å². The number of rotatable bonds is 6. The van der Waals surface area contributed by atoms with E-state index in [1.807, 2.05) is 30.3 Å². The number of aryl methyl sites for hydroxylation is 1. The molecule has 0 heterocycles. The fraction of sp³-hybridized carbons (Fsp3) is 0.364. The number of sulfonamides is 1. The van der Waals surface area contributed by atoms with E-state index >= 15 is 0 Å². The van der Waals surface area contributed by atoms with Crippen LogP contribution < -0.4 is 4.72 Å². The Hall–Kier alpha value is -1.40. The van der Waals surface area contributed by atoms with Crippen LogP contribution in [0.2, 0.25) is 0 Å². The first-order chi connectivity index (χ1) is 7.88. The van der Waals surface area contributed by atoms with Crippen LogP contribution in [-0.2, 0) is 21.2 Å². The number of aliphatic carboxylic acids is 1. The third-order valence-electron chi connectivity index (χ3n) is 2.22. The maximum absolute atomic E-state index is 11.0. The second-order valence-corrected chi connectivity index (χ2v) is 5.59. The number of nitrogens with one attached hydrogen (secondary N) is 1. The van der Waals surface area contributed by atoms with E-state index in [4.69, 9.17) is 5.11 Å². The molecule has 0 aliphatic carbocycles. The van der Waals surface area contributed by atoms with Gasteiger partial charge in [-0.05, 0) is 18.4 Å². The molecular formula is C11H15NO4S. The second-order valence-electron chi connectivity index (χ2n) is 3.81. The Balaban J connectivity index is 2.60. The largest absolute Gasteiger partial charge is 0.480 e. The van der Waals surface area contributed by atoms with Gasteiger partial charge in [0.25, 0.3) is 0 Å². The standard InChI is InChI=1S/C11H15NO4S/c1-17(15,16)12-10(11(13)14)8-7-9-5-3-2-4-6-9/h2-6,10,12H,7-8H2,1H3,(H,13,14). The van der Waals surface area contributed by atoms with Crippen LogP contribution in [0.3, 0.4) is 0 Å². The lowest BCUT2D eigenvalue weighted by Gasteiger charge is -2.12. The molecule has 1 rings (SSSR count). The van der Waals surface area contributed by atoms with E-state index in [0.717, 1.165) is 11.8 Å². The van der Waals surface area contributed by atoms with Crippen molar-refractivity contribution in [3.8, 4) is 0 Å². The van der Waals surface area contributed by atoms with Crippen LogP contribution in [0.5, 0.6) is 0 Å². The Morgan fingerprint density at radius 1 is 1.35 bits per heavy atom. The van der Waals surface area contributed by atoms with Crippen molar-refractivity contribution in [1.82, 2.24) is 4.72 Å². The van der Waals surface area contributed by atoms with Gasteiger partial charge >= 0.3 is 5.97 Å². The van der Waals surface area contributed by atoms with Crippen molar-refractivity contribution in [2.75, 3.05) is 6.26 Å². The highest BCUT2D eigenvalue weighted by Crippen LogP contribution is 2.05. The molecule has 0 fully saturated rings. The van der Waals surface area contributed by atoms with Crippen LogP contribution in [0.15, 0.2) is 30.3 Å². The van der Waals surface area contributed by atoms with Crippen LogP contribution >= 0.6 is 0 Å². The number of hydrogen-bond acceptors (Lipinski definition) is 3. The Bertz CT molecular complexity index is 470. The molecule has 0 aromatic heterocycles. The molecule has 1 atom stereocenters. The summed E-state index contributed by atoms with van der Waals surface area (Å²) in [5, 5.41) is 8.89. The summed E-state index contributed by atoms with van der Waals surface area (Å²) in [6.07, 6.45) is 1.69. The summed E-state index contributed by atoms with van der Waals surface area (Å²) in [5.74, 6) is -1.16. The zero-order chi connectivity index (χ0) is 12.9. The van der Waals surface area contributed by atoms with Gasteiger partial charge in [0, 0.05) is 0 Å². The molecular weight excluding hydrogens is 242 g/mol. The van der Waals surface area contributed by atoms with Gasteiger partial charge in [-0.25, -0.2) is 13.1 Å². The number of benzene rings is 1. The van der Waals surface area contributed by atoms with Crippen LogP contribution in [0.1, 0.15) is 12.0 Å². The minimum atomic E-state index is -3.50. The molecule has 1 aromatic rings. The van der Waals surface area contributed by atoms with Gasteiger partial charge in [0.2, 0.25) is 10.0 Å². The highest BCUT2D eigenvalue weighted by atomic mass is 32.2. The topological polar surface area (TPSA) is 83.5 Å². The van der Waals surface area contributed by atoms with Crippen molar-refractivity contribution in [3.63, 3.8) is 0 Å². The molecule has 2 N–H and O–H groups in total. The Morgan fingerprint density at radius 2 is 1.94 bits per heavy atom. The summed E-state index contributed by atoms with van der Waals surface area (Å²) in [4.78, 5) is 10.9. The number of hydrogen-bond donors (Lipinski definition) is 2. The molecule has 0 saturated heterocycles. The highest BCUT2D eigenvalue weighted by Gasteiger charge is 2.20. The zero-order valence-corrected chi connectivity index (χ0v) is 10.3. The van der Waals surface area contributed by atoms with Crippen molar-refractivity contribution in [2.24, 2.45) is 0 Å². The van der Waals surface area contributed by atoms with E-state index in [1.54, 1.807) is 0 Å². The van der Waals surface area contributed by atoms with Gasteiger partial charge in [0.15, 0.2) is 0 Å². The van der Waals surface area contributed by atoms with Crippen LogP contribution in [0.4, 0.5) is 0 Å². The molecule has 0 saturated carbocycles. The van der Waals surface area contributed by atoms with Crippen LogP contribution in [-0.4, -0.2) is 31.8 Å². The van der Waals surface area contributed by atoms with Gasteiger partial charge in [0.05, 0.1) is 6.26 Å². The van der Waals surface area contributed by atoms with E-state index in [9.17, 15) is 13.2 Å². The third-order valence-corrected chi connectivity index (χ3v) is 2.93.